The van der Waals surface area contributed by atoms with Crippen LogP contribution in [0.4, 0.5) is 4.39 Å². The summed E-state index contributed by atoms with van der Waals surface area (Å²) in [4.78, 5) is 4.14. The van der Waals surface area contributed by atoms with Crippen LogP contribution in [0.5, 0.6) is 0 Å². The molecular formula is C25H48FN7O9. The Morgan fingerprint density at radius 2 is 1.81 bits per heavy atom. The third-order valence-electron chi connectivity index (χ3n) is 7.97. The Morgan fingerprint density at radius 3 is 2.43 bits per heavy atom. The number of hydrogen-bond donors (Lipinski definition) is 11. The summed E-state index contributed by atoms with van der Waals surface area (Å²) < 4.78 is 36.8. The van der Waals surface area contributed by atoms with Crippen LogP contribution in [0.3, 0.4) is 0 Å². The Morgan fingerprint density at radius 1 is 1.14 bits per heavy atom. The van der Waals surface area contributed by atoms with Crippen molar-refractivity contribution in [3.63, 3.8) is 0 Å². The summed E-state index contributed by atoms with van der Waals surface area (Å²) in [7, 11) is 1.55. The topological polar surface area (TPSA) is 276 Å². The van der Waals surface area contributed by atoms with E-state index in [2.05, 4.69) is 15.6 Å². The van der Waals surface area contributed by atoms with Crippen LogP contribution in [-0.4, -0.2) is 149 Å². The van der Waals surface area contributed by atoms with Crippen LogP contribution in [0, 0.1) is 5.41 Å². The van der Waals surface area contributed by atoms with Gasteiger partial charge in [0, 0.05) is 6.04 Å². The van der Waals surface area contributed by atoms with E-state index < -0.39 is 97.6 Å². The third kappa shape index (κ3) is 8.30. The van der Waals surface area contributed by atoms with Crippen LogP contribution in [0.1, 0.15) is 33.1 Å². The number of nitrogens with zero attached hydrogens (tertiary/aromatic N) is 1. The highest BCUT2D eigenvalue weighted by Crippen LogP contribution is 2.32. The summed E-state index contributed by atoms with van der Waals surface area (Å²) in [5.41, 5.74) is 17.0. The van der Waals surface area contributed by atoms with Gasteiger partial charge in [0.05, 0.1) is 37.4 Å². The Balaban J connectivity index is 1.79. The second-order valence-electron chi connectivity index (χ2n) is 11.5. The smallest absolute Gasteiger partial charge is 0.185 e. The maximum atomic E-state index is 13.1. The van der Waals surface area contributed by atoms with E-state index in [9.17, 15) is 29.9 Å². The molecule has 3 fully saturated rings. The molecule has 0 aromatic heterocycles. The number of hydrogen-bond acceptors (Lipinski definition) is 14. The summed E-state index contributed by atoms with van der Waals surface area (Å²) in [5.74, 6) is -0.486. The van der Waals surface area contributed by atoms with Gasteiger partial charge >= 0.3 is 0 Å². The summed E-state index contributed by atoms with van der Waals surface area (Å²) in [6.45, 7) is 1.73. The fourth-order valence-corrected chi connectivity index (χ4v) is 5.47. The lowest BCUT2D eigenvalue weighted by Crippen LogP contribution is -2.69. The number of rotatable bonds is 11. The molecule has 2 saturated heterocycles. The molecule has 2 aliphatic heterocycles. The number of aliphatic hydroxyl groups excluding tert-OH is 4. The molecule has 2 heterocycles. The van der Waals surface area contributed by atoms with E-state index in [0.717, 1.165) is 0 Å². The zero-order valence-corrected chi connectivity index (χ0v) is 24.2. The van der Waals surface area contributed by atoms with Gasteiger partial charge in [-0.1, -0.05) is 0 Å². The molecule has 1 saturated carbocycles. The van der Waals surface area contributed by atoms with Crippen LogP contribution in [-0.2, 0) is 18.9 Å². The van der Waals surface area contributed by atoms with Crippen molar-refractivity contribution in [1.29, 1.82) is 5.41 Å². The molecule has 0 amide bonds. The van der Waals surface area contributed by atoms with Gasteiger partial charge in [0.2, 0.25) is 0 Å². The normalized spacial score (nSPS) is 43.0. The van der Waals surface area contributed by atoms with Crippen LogP contribution in [0.25, 0.3) is 0 Å². The van der Waals surface area contributed by atoms with Crippen molar-refractivity contribution >= 4 is 11.7 Å². The molecule has 0 aromatic carbocycles. The zero-order chi connectivity index (χ0) is 31.4. The van der Waals surface area contributed by atoms with Crippen LogP contribution in [0.15, 0.2) is 4.99 Å². The quantitative estimate of drug-likeness (QED) is 0.0782. The predicted molar refractivity (Wildman–Crippen MR) is 148 cm³/mol. The van der Waals surface area contributed by atoms with Gasteiger partial charge in [-0.3, -0.25) is 10.4 Å². The summed E-state index contributed by atoms with van der Waals surface area (Å²) in [5, 5.41) is 65.9. The molecule has 0 aromatic rings. The molecule has 3 aliphatic rings. The molecule has 3 rings (SSSR count). The minimum Gasteiger partial charge on any atom is -0.388 e. The van der Waals surface area contributed by atoms with Gasteiger partial charge in [-0.2, -0.15) is 0 Å². The maximum Gasteiger partial charge on any atom is 0.185 e. The Kier molecular flexibility index (Phi) is 12.4. The Bertz CT molecular complexity index is 919. The lowest BCUT2D eigenvalue weighted by Gasteiger charge is -2.49. The largest absolute Gasteiger partial charge is 0.388 e. The lowest BCUT2D eigenvalue weighted by atomic mass is 9.83. The fraction of sp³-hybridized carbons (Fsp3) is 0.920. The minimum absolute atomic E-state index is 0.0321. The number of aliphatic imine (C=N–C) groups is 1. The van der Waals surface area contributed by atoms with E-state index in [1.807, 2.05) is 0 Å². The first-order valence-corrected chi connectivity index (χ1v) is 14.1. The maximum absolute atomic E-state index is 13.1. The van der Waals surface area contributed by atoms with Crippen LogP contribution < -0.4 is 27.8 Å². The van der Waals surface area contributed by atoms with Crippen molar-refractivity contribution in [2.75, 3.05) is 26.9 Å². The van der Waals surface area contributed by atoms with Crippen LogP contribution >= 0.6 is 0 Å². The molecule has 9 unspecified atom stereocenters. The van der Waals surface area contributed by atoms with Crippen molar-refractivity contribution in [2.45, 2.75) is 118 Å². The fourth-order valence-electron chi connectivity index (χ4n) is 5.47. The van der Waals surface area contributed by atoms with Crippen LogP contribution in [0.2, 0.25) is 0 Å². The molecule has 14 atom stereocenters. The Labute approximate surface area is 244 Å². The third-order valence-corrected chi connectivity index (χ3v) is 7.97. The van der Waals surface area contributed by atoms with E-state index in [1.54, 1.807) is 7.05 Å². The molecule has 14 N–H and O–H groups in total. The highest BCUT2D eigenvalue weighted by atomic mass is 19.1. The van der Waals surface area contributed by atoms with Gasteiger partial charge in [0.15, 0.2) is 12.6 Å². The molecule has 1 aliphatic carbocycles. The van der Waals surface area contributed by atoms with E-state index in [1.165, 1.54) is 13.8 Å². The van der Waals surface area contributed by atoms with E-state index in [-0.39, 0.29) is 25.4 Å². The number of amidine groups is 2. The first-order valence-electron chi connectivity index (χ1n) is 14.1. The Hall–Kier alpha value is -1.61. The lowest BCUT2D eigenvalue weighted by molar-refractivity contribution is -0.307. The molecule has 42 heavy (non-hydrogen) atoms. The van der Waals surface area contributed by atoms with Crippen molar-refractivity contribution in [3.8, 4) is 0 Å². The summed E-state index contributed by atoms with van der Waals surface area (Å²) >= 11 is 0. The minimum atomic E-state index is -1.73. The highest BCUT2D eigenvalue weighted by Gasteiger charge is 2.51. The number of ether oxygens (including phenoxy) is 4. The molecule has 244 valence electrons. The van der Waals surface area contributed by atoms with E-state index >= 15 is 0 Å². The number of nitrogens with one attached hydrogen (secondary N) is 3. The van der Waals surface area contributed by atoms with Crippen molar-refractivity contribution in [1.82, 2.24) is 10.6 Å². The number of likely N-dealkylation sites (N-methyl/N-ethyl adjacent to an activating group) is 1. The number of aliphatic hydroxyl groups is 5. The molecule has 0 bridgehead atoms. The number of halogens is 1. The number of alkyl halides is 1. The zero-order valence-electron chi connectivity index (χ0n) is 24.2. The molecule has 16 nitrogen and oxygen atoms in total. The van der Waals surface area contributed by atoms with Gasteiger partial charge in [-0.25, -0.2) is 4.39 Å². The average Bonchev–Trinajstić information content (AvgIpc) is 2.93. The molecular weight excluding hydrogens is 561 g/mol. The van der Waals surface area contributed by atoms with E-state index in [0.29, 0.717) is 12.8 Å². The predicted octanol–water partition coefficient (Wildman–Crippen LogP) is -4.26. The standard InChI is InChI=1S/C25H48FN7O9/c1-10(34)21(29)32-8-11-4-5-12(27)23(40-11)41-18-13(28)6-14(33-22(30)15(35)7-26)19(16(18)36)42-24-17(37)20(31-3)25(2,38)9-39-24/h10-20,23-24,31,34-38H,4-9,27-28H2,1-3H3,(H2,29,32)(H2,30,33)/t10?,11?,12?,13-,14+,15?,16?,17?,18?,19?,20+,23+,24+,25?/m0/s1. The molecule has 0 spiro atoms. The monoisotopic (exact) mass is 609 g/mol. The summed E-state index contributed by atoms with van der Waals surface area (Å²) in [6.07, 6.45) is -9.49. The SMILES string of the molecule is CN[C@@H]1C(O)[C@@H](OC2C(O)C(O[C@H]3OC(CN=C(N)C(C)O)CCC3N)[C@@H](N)C[C@H]2NC(=N)C(O)CF)OCC1(C)O. The van der Waals surface area contributed by atoms with Gasteiger partial charge < -0.3 is 72.3 Å². The average molecular weight is 610 g/mol. The second kappa shape index (κ2) is 14.9. The molecule has 17 heteroatoms. The highest BCUT2D eigenvalue weighted by molar-refractivity contribution is 5.84. The van der Waals surface area contributed by atoms with Crippen molar-refractivity contribution in [2.24, 2.45) is 22.2 Å². The number of nitrogens with two attached hydrogens (primary N) is 3. The summed E-state index contributed by atoms with van der Waals surface area (Å²) in [6, 6.07) is -3.19. The van der Waals surface area contributed by atoms with Crippen molar-refractivity contribution in [3.05, 3.63) is 0 Å². The van der Waals surface area contributed by atoms with Gasteiger partial charge in [0.1, 0.15) is 60.6 Å². The first-order chi connectivity index (χ1) is 19.7. The first kappa shape index (κ1) is 34.9. The van der Waals surface area contributed by atoms with Crippen molar-refractivity contribution < 1.29 is 48.9 Å². The molecule has 0 radical (unpaired) electrons. The van der Waals surface area contributed by atoms with E-state index in [4.69, 9.17) is 41.6 Å². The van der Waals surface area contributed by atoms with Gasteiger partial charge in [-0.05, 0) is 40.2 Å². The second-order valence-corrected chi connectivity index (χ2v) is 11.5. The van der Waals surface area contributed by atoms with Gasteiger partial charge in [0.25, 0.3) is 0 Å². The van der Waals surface area contributed by atoms with Gasteiger partial charge in [-0.15, -0.1) is 0 Å².